The number of rotatable bonds is 6. The van der Waals surface area contributed by atoms with Crippen molar-refractivity contribution in [3.05, 3.63) is 77.4 Å². The fourth-order valence-corrected chi connectivity index (χ4v) is 4.14. The Labute approximate surface area is 191 Å². The van der Waals surface area contributed by atoms with E-state index in [4.69, 9.17) is 9.88 Å². The number of halogens is 3. The summed E-state index contributed by atoms with van der Waals surface area (Å²) in [6.07, 6.45) is -4.16. The fourth-order valence-electron chi connectivity index (χ4n) is 3.28. The molecule has 0 heterocycles. The molecule has 0 radical (unpaired) electrons. The summed E-state index contributed by atoms with van der Waals surface area (Å²) in [6, 6.07) is 14.0. The van der Waals surface area contributed by atoms with Gasteiger partial charge in [0.2, 0.25) is 0 Å². The predicted molar refractivity (Wildman–Crippen MR) is 125 cm³/mol. The topological polar surface area (TPSA) is 81.4 Å². The standard InChI is InChI=1S/C24H21F3N2O3S/c1-3-33(28)22-11-9-17(13-21(22)32-2)29-23(31)15-8-10-18(16(12-15)14-30)19-6-4-5-7-20(19)24(25,26)27/h3-14H,28H2,1-2H3,(H,29,31). The van der Waals surface area contributed by atoms with Crippen molar-refractivity contribution in [3.8, 4) is 16.9 Å². The van der Waals surface area contributed by atoms with Crippen LogP contribution in [0, 0.1) is 0 Å². The number of hydrogen-bond donors (Lipinski definition) is 2. The number of hydrogen-bond acceptors (Lipinski definition) is 4. The molecule has 0 aliphatic carbocycles. The summed E-state index contributed by atoms with van der Waals surface area (Å²) in [5.41, 5.74) is -0.379. The molecular weight excluding hydrogens is 453 g/mol. The molecular formula is C24H21F3N2O3S. The number of ether oxygens (including phenoxy) is 1. The molecule has 0 aliphatic rings. The number of carbonyl (C=O) groups is 2. The quantitative estimate of drug-likeness (QED) is 0.351. The second kappa shape index (κ2) is 10.0. The molecule has 3 aromatic rings. The summed E-state index contributed by atoms with van der Waals surface area (Å²) < 4.78 is 45.6. The summed E-state index contributed by atoms with van der Waals surface area (Å²) >= 11 is 0. The highest BCUT2D eigenvalue weighted by Crippen LogP contribution is 2.38. The van der Waals surface area contributed by atoms with Crippen molar-refractivity contribution in [2.75, 3.05) is 12.4 Å². The zero-order valence-electron chi connectivity index (χ0n) is 17.8. The van der Waals surface area contributed by atoms with Crippen molar-refractivity contribution in [1.82, 2.24) is 0 Å². The fraction of sp³-hybridized carbons (Fsp3) is 0.125. The second-order valence-electron chi connectivity index (χ2n) is 6.89. The van der Waals surface area contributed by atoms with Gasteiger partial charge in [-0.25, -0.2) is 0 Å². The number of methoxy groups -OCH3 is 1. The average molecular weight is 475 g/mol. The number of anilines is 1. The van der Waals surface area contributed by atoms with E-state index < -0.39 is 28.3 Å². The van der Waals surface area contributed by atoms with Crippen LogP contribution in [-0.2, 0) is 6.18 Å². The lowest BCUT2D eigenvalue weighted by Crippen LogP contribution is -2.13. The Kier molecular flexibility index (Phi) is 7.35. The van der Waals surface area contributed by atoms with Crippen LogP contribution in [0.3, 0.4) is 0 Å². The Bertz CT molecular complexity index is 1240. The maximum atomic E-state index is 13.4. The van der Waals surface area contributed by atoms with E-state index >= 15 is 0 Å². The predicted octanol–water partition coefficient (Wildman–Crippen LogP) is 5.77. The Morgan fingerprint density at radius 3 is 2.42 bits per heavy atom. The number of benzene rings is 3. The van der Waals surface area contributed by atoms with Crippen LogP contribution in [0.15, 0.2) is 65.6 Å². The summed E-state index contributed by atoms with van der Waals surface area (Å²) in [5.74, 6) is -0.0261. The van der Waals surface area contributed by atoms with E-state index in [1.54, 1.807) is 18.2 Å². The van der Waals surface area contributed by atoms with E-state index in [1.165, 1.54) is 43.5 Å². The van der Waals surface area contributed by atoms with Gasteiger partial charge in [-0.3, -0.25) is 14.7 Å². The minimum absolute atomic E-state index is 0.0297. The first-order chi connectivity index (χ1) is 15.7. The maximum Gasteiger partial charge on any atom is 0.417 e. The van der Waals surface area contributed by atoms with E-state index in [9.17, 15) is 22.8 Å². The van der Waals surface area contributed by atoms with Crippen LogP contribution in [0.2, 0.25) is 0 Å². The monoisotopic (exact) mass is 474 g/mol. The third-order valence-electron chi connectivity index (χ3n) is 4.89. The van der Waals surface area contributed by atoms with Crippen molar-refractivity contribution < 1.29 is 27.5 Å². The van der Waals surface area contributed by atoms with Crippen LogP contribution < -0.4 is 15.2 Å². The minimum Gasteiger partial charge on any atom is -0.495 e. The molecule has 1 atom stereocenters. The third kappa shape index (κ3) is 5.32. The Hall–Kier alpha value is -3.43. The van der Waals surface area contributed by atoms with Crippen molar-refractivity contribution in [2.24, 2.45) is 5.14 Å². The van der Waals surface area contributed by atoms with Crippen molar-refractivity contribution in [2.45, 2.75) is 18.0 Å². The molecule has 3 rings (SSSR count). The second-order valence-corrected chi connectivity index (χ2v) is 8.55. The van der Waals surface area contributed by atoms with Gasteiger partial charge in [0.25, 0.3) is 5.91 Å². The number of nitrogens with one attached hydrogen (secondary N) is 1. The zero-order chi connectivity index (χ0) is 24.2. The maximum absolute atomic E-state index is 13.4. The first kappa shape index (κ1) is 24.2. The van der Waals surface area contributed by atoms with Crippen molar-refractivity contribution in [3.63, 3.8) is 0 Å². The summed E-state index contributed by atoms with van der Waals surface area (Å²) in [4.78, 5) is 25.2. The number of aldehydes is 1. The molecule has 172 valence electrons. The molecule has 3 aromatic carbocycles. The lowest BCUT2D eigenvalue weighted by molar-refractivity contribution is -0.137. The van der Waals surface area contributed by atoms with E-state index in [0.717, 1.165) is 11.0 Å². The van der Waals surface area contributed by atoms with Gasteiger partial charge < -0.3 is 10.1 Å². The normalized spacial score (nSPS) is 12.3. The first-order valence-corrected chi connectivity index (χ1v) is 11.1. The molecule has 0 aromatic heterocycles. The van der Waals surface area contributed by atoms with Crippen LogP contribution in [0.1, 0.15) is 33.2 Å². The van der Waals surface area contributed by atoms with Gasteiger partial charge in [-0.05, 0) is 53.7 Å². The highest BCUT2D eigenvalue weighted by Gasteiger charge is 2.33. The molecule has 0 aliphatic heterocycles. The molecule has 1 amide bonds. The van der Waals surface area contributed by atoms with Crippen molar-refractivity contribution >= 4 is 33.9 Å². The molecule has 1 unspecified atom stereocenters. The van der Waals surface area contributed by atoms with Gasteiger partial charge in [-0.15, -0.1) is 0 Å². The zero-order valence-corrected chi connectivity index (χ0v) is 18.6. The number of alkyl halides is 3. The molecule has 3 N–H and O–H groups in total. The summed E-state index contributed by atoms with van der Waals surface area (Å²) in [6.45, 7) is 1.83. The average Bonchev–Trinajstić information content (AvgIpc) is 2.82. The summed E-state index contributed by atoms with van der Waals surface area (Å²) in [5, 5.41) is 10.6. The molecule has 33 heavy (non-hydrogen) atoms. The molecule has 0 saturated carbocycles. The van der Waals surface area contributed by atoms with Gasteiger partial charge in [0.15, 0.2) is 6.29 Å². The molecule has 0 spiro atoms. The van der Waals surface area contributed by atoms with Gasteiger partial charge >= 0.3 is 6.18 Å². The lowest BCUT2D eigenvalue weighted by atomic mass is 9.94. The molecule has 5 nitrogen and oxygen atoms in total. The minimum atomic E-state index is -4.59. The Balaban J connectivity index is 1.94. The van der Waals surface area contributed by atoms with E-state index in [1.807, 2.05) is 12.3 Å². The Morgan fingerprint density at radius 2 is 1.79 bits per heavy atom. The van der Waals surface area contributed by atoms with E-state index in [2.05, 4.69) is 5.32 Å². The highest BCUT2D eigenvalue weighted by molar-refractivity contribution is 8.13. The highest BCUT2D eigenvalue weighted by atomic mass is 32.2. The number of nitrogens with two attached hydrogens (primary N) is 1. The number of amides is 1. The summed E-state index contributed by atoms with van der Waals surface area (Å²) in [7, 11) is 0.867. The smallest absolute Gasteiger partial charge is 0.417 e. The molecule has 9 heteroatoms. The van der Waals surface area contributed by atoms with Gasteiger partial charge in [-0.1, -0.05) is 34.9 Å². The van der Waals surface area contributed by atoms with Crippen LogP contribution in [0.4, 0.5) is 18.9 Å². The SMILES string of the molecule is C/C=S(\N)c1ccc(NC(=O)c2ccc(-c3ccccc3C(F)(F)F)c(C=O)c2)cc1OC. The first-order valence-electron chi connectivity index (χ1n) is 9.71. The van der Waals surface area contributed by atoms with E-state index in [0.29, 0.717) is 17.7 Å². The van der Waals surface area contributed by atoms with Gasteiger partial charge in [0, 0.05) is 22.9 Å². The van der Waals surface area contributed by atoms with Crippen LogP contribution in [0.5, 0.6) is 5.75 Å². The van der Waals surface area contributed by atoms with Crippen LogP contribution in [-0.4, -0.2) is 24.7 Å². The van der Waals surface area contributed by atoms with Crippen molar-refractivity contribution in [1.29, 1.82) is 0 Å². The number of carbonyl (C=O) groups excluding carboxylic acids is 2. The molecule has 0 bridgehead atoms. The molecule has 0 fully saturated rings. The third-order valence-corrected chi connectivity index (χ3v) is 6.25. The van der Waals surface area contributed by atoms with Crippen LogP contribution >= 0.6 is 10.7 Å². The molecule has 0 saturated heterocycles. The lowest BCUT2D eigenvalue weighted by Gasteiger charge is -2.15. The Morgan fingerprint density at radius 1 is 1.06 bits per heavy atom. The van der Waals surface area contributed by atoms with E-state index in [-0.39, 0.29) is 22.3 Å². The largest absolute Gasteiger partial charge is 0.495 e. The van der Waals surface area contributed by atoms with Gasteiger partial charge in [0.05, 0.1) is 17.6 Å². The van der Waals surface area contributed by atoms with Crippen LogP contribution in [0.25, 0.3) is 11.1 Å². The van der Waals surface area contributed by atoms with Gasteiger partial charge in [-0.2, -0.15) is 13.2 Å². The van der Waals surface area contributed by atoms with Gasteiger partial charge in [0.1, 0.15) is 5.75 Å².